The van der Waals surface area contributed by atoms with Gasteiger partial charge in [-0.1, -0.05) is 18.2 Å². The summed E-state index contributed by atoms with van der Waals surface area (Å²) < 4.78 is 0. The van der Waals surface area contributed by atoms with Crippen LogP contribution in [0.2, 0.25) is 0 Å². The van der Waals surface area contributed by atoms with Crippen LogP contribution in [0.1, 0.15) is 10.4 Å². The maximum atomic E-state index is 12.3. The monoisotopic (exact) mass is 374 g/mol. The highest BCUT2D eigenvalue weighted by atomic mass is 32.1. The van der Waals surface area contributed by atoms with Crippen LogP contribution in [0.4, 0.5) is 10.5 Å². The molecule has 2 aromatic carbocycles. The Hall–Kier alpha value is -3.58. The summed E-state index contributed by atoms with van der Waals surface area (Å²) in [5, 5.41) is 7.01. The number of rotatable bonds is 3. The second-order valence-corrected chi connectivity index (χ2v) is 6.67. The van der Waals surface area contributed by atoms with Crippen LogP contribution >= 0.6 is 11.3 Å². The van der Waals surface area contributed by atoms with Gasteiger partial charge in [-0.3, -0.25) is 20.1 Å². The van der Waals surface area contributed by atoms with Crippen molar-refractivity contribution in [2.24, 2.45) is 0 Å². The van der Waals surface area contributed by atoms with Crippen molar-refractivity contribution in [2.45, 2.75) is 0 Å². The number of nitrogens with one attached hydrogen (secondary N) is 2. The number of imide groups is 1. The van der Waals surface area contributed by atoms with E-state index >= 15 is 0 Å². The molecule has 2 aromatic heterocycles. The molecule has 0 atom stereocenters. The molecule has 0 aliphatic rings. The highest BCUT2D eigenvalue weighted by molar-refractivity contribution is 7.13. The zero-order valence-corrected chi connectivity index (χ0v) is 14.9. The van der Waals surface area contributed by atoms with Gasteiger partial charge in [0.15, 0.2) is 0 Å². The Morgan fingerprint density at radius 3 is 2.56 bits per heavy atom. The number of fused-ring (bicyclic) bond motifs is 1. The molecule has 0 bridgehead atoms. The number of anilines is 1. The van der Waals surface area contributed by atoms with Gasteiger partial charge in [-0.15, -0.1) is 11.3 Å². The van der Waals surface area contributed by atoms with Gasteiger partial charge in [0.2, 0.25) is 0 Å². The molecule has 7 heteroatoms. The van der Waals surface area contributed by atoms with Crippen LogP contribution in [0.15, 0.2) is 72.4 Å². The van der Waals surface area contributed by atoms with Gasteiger partial charge in [-0.2, -0.15) is 0 Å². The molecule has 3 amide bonds. The van der Waals surface area contributed by atoms with E-state index in [1.54, 1.807) is 48.0 Å². The zero-order chi connectivity index (χ0) is 18.6. The van der Waals surface area contributed by atoms with Crippen molar-refractivity contribution in [1.82, 2.24) is 15.3 Å². The van der Waals surface area contributed by atoms with Crippen LogP contribution < -0.4 is 10.6 Å². The molecule has 0 saturated heterocycles. The molecule has 0 unspecified atom stereocenters. The average molecular weight is 374 g/mol. The van der Waals surface area contributed by atoms with Crippen LogP contribution in [0.3, 0.4) is 0 Å². The van der Waals surface area contributed by atoms with Crippen molar-refractivity contribution in [1.29, 1.82) is 0 Å². The number of thiophene rings is 1. The fraction of sp³-hybridized carbons (Fsp3) is 0. The molecule has 27 heavy (non-hydrogen) atoms. The summed E-state index contributed by atoms with van der Waals surface area (Å²) in [5.74, 6) is -0.505. The third kappa shape index (κ3) is 3.83. The molecule has 0 radical (unpaired) electrons. The first-order chi connectivity index (χ1) is 13.2. The Bertz CT molecular complexity index is 1130. The summed E-state index contributed by atoms with van der Waals surface area (Å²) in [6.07, 6.45) is 3.14. The van der Waals surface area contributed by atoms with Crippen molar-refractivity contribution in [3.63, 3.8) is 0 Å². The number of carbonyl (C=O) groups is 2. The van der Waals surface area contributed by atoms with Gasteiger partial charge >= 0.3 is 6.03 Å². The number of amides is 3. The van der Waals surface area contributed by atoms with Crippen LogP contribution in [-0.2, 0) is 0 Å². The zero-order valence-electron chi connectivity index (χ0n) is 14.0. The number of nitrogens with zero attached hydrogens (tertiary/aromatic N) is 2. The lowest BCUT2D eigenvalue weighted by Crippen LogP contribution is -2.34. The first kappa shape index (κ1) is 16.9. The molecule has 0 saturated carbocycles. The number of carbonyl (C=O) groups excluding carboxylic acids is 2. The van der Waals surface area contributed by atoms with Crippen LogP contribution in [0, 0.1) is 0 Å². The number of hydrogen-bond acceptors (Lipinski definition) is 5. The lowest BCUT2D eigenvalue weighted by atomic mass is 10.1. The molecule has 0 spiro atoms. The SMILES string of the molecule is O=C(NC(=O)c1ccc2nccnc2c1)Nc1cccc(-c2cccs2)c1. The fourth-order valence-electron chi connectivity index (χ4n) is 2.64. The van der Waals surface area contributed by atoms with Crippen LogP contribution in [0.25, 0.3) is 21.5 Å². The van der Waals surface area contributed by atoms with Gasteiger partial charge < -0.3 is 5.32 Å². The maximum absolute atomic E-state index is 12.3. The van der Waals surface area contributed by atoms with E-state index in [2.05, 4.69) is 20.6 Å². The van der Waals surface area contributed by atoms with Crippen molar-refractivity contribution < 1.29 is 9.59 Å². The minimum absolute atomic E-state index is 0.338. The average Bonchev–Trinajstić information content (AvgIpc) is 3.22. The number of hydrogen-bond donors (Lipinski definition) is 2. The van der Waals surface area contributed by atoms with E-state index in [0.717, 1.165) is 10.4 Å². The molecule has 0 fully saturated rings. The smallest absolute Gasteiger partial charge is 0.308 e. The molecule has 4 aromatic rings. The Labute approximate surface area is 158 Å². The summed E-state index contributed by atoms with van der Waals surface area (Å²) in [6, 6.07) is 15.7. The fourth-order valence-corrected chi connectivity index (χ4v) is 3.36. The third-order valence-electron chi connectivity index (χ3n) is 3.88. The van der Waals surface area contributed by atoms with E-state index in [1.807, 2.05) is 35.7 Å². The first-order valence-corrected chi connectivity index (χ1v) is 9.04. The van der Waals surface area contributed by atoms with E-state index < -0.39 is 11.9 Å². The predicted molar refractivity (Wildman–Crippen MR) is 106 cm³/mol. The van der Waals surface area contributed by atoms with Gasteiger partial charge in [0, 0.05) is 28.5 Å². The Morgan fingerprint density at radius 2 is 1.74 bits per heavy atom. The Balaban J connectivity index is 1.45. The number of aromatic nitrogens is 2. The van der Waals surface area contributed by atoms with Crippen molar-refractivity contribution in [2.75, 3.05) is 5.32 Å². The molecular formula is C20H14N4O2S. The molecule has 6 nitrogen and oxygen atoms in total. The summed E-state index contributed by atoms with van der Waals surface area (Å²) in [7, 11) is 0. The molecule has 2 heterocycles. The topological polar surface area (TPSA) is 84.0 Å². The molecule has 0 aliphatic carbocycles. The standard InChI is InChI=1S/C20H14N4O2S/c25-19(14-6-7-16-17(12-14)22-9-8-21-16)24-20(26)23-15-4-1-3-13(11-15)18-5-2-10-27-18/h1-12H,(H2,23,24,25,26). The second kappa shape index (κ2) is 7.35. The van der Waals surface area contributed by atoms with E-state index in [0.29, 0.717) is 22.3 Å². The number of benzene rings is 2. The Kier molecular flexibility index (Phi) is 4.59. The van der Waals surface area contributed by atoms with Crippen molar-refractivity contribution in [3.8, 4) is 10.4 Å². The van der Waals surface area contributed by atoms with Crippen LogP contribution in [0.5, 0.6) is 0 Å². The second-order valence-electron chi connectivity index (χ2n) is 5.73. The molecule has 132 valence electrons. The summed E-state index contributed by atoms with van der Waals surface area (Å²) in [5.41, 5.74) is 3.22. The quantitative estimate of drug-likeness (QED) is 0.559. The molecule has 2 N–H and O–H groups in total. The summed E-state index contributed by atoms with van der Waals surface area (Å²) >= 11 is 1.62. The van der Waals surface area contributed by atoms with Gasteiger partial charge in [-0.05, 0) is 47.3 Å². The third-order valence-corrected chi connectivity index (χ3v) is 4.80. The van der Waals surface area contributed by atoms with Crippen molar-refractivity contribution >= 4 is 40.0 Å². The molecular weight excluding hydrogens is 360 g/mol. The largest absolute Gasteiger partial charge is 0.326 e. The molecule has 0 aliphatic heterocycles. The van der Waals surface area contributed by atoms with E-state index in [1.165, 1.54) is 0 Å². The predicted octanol–water partition coefficient (Wildman–Crippen LogP) is 4.32. The summed E-state index contributed by atoms with van der Waals surface area (Å²) in [4.78, 5) is 33.9. The van der Waals surface area contributed by atoms with Crippen LogP contribution in [-0.4, -0.2) is 21.9 Å². The first-order valence-electron chi connectivity index (χ1n) is 8.16. The minimum Gasteiger partial charge on any atom is -0.308 e. The van der Waals surface area contributed by atoms with Crippen molar-refractivity contribution in [3.05, 3.63) is 77.9 Å². The van der Waals surface area contributed by atoms with E-state index in [4.69, 9.17) is 0 Å². The molecule has 4 rings (SSSR count). The summed E-state index contributed by atoms with van der Waals surface area (Å²) in [6.45, 7) is 0. The van der Waals surface area contributed by atoms with Gasteiger partial charge in [0.1, 0.15) is 0 Å². The van der Waals surface area contributed by atoms with E-state index in [9.17, 15) is 9.59 Å². The lowest BCUT2D eigenvalue weighted by molar-refractivity contribution is 0.0967. The normalized spacial score (nSPS) is 10.5. The maximum Gasteiger partial charge on any atom is 0.326 e. The Morgan fingerprint density at radius 1 is 0.889 bits per heavy atom. The highest BCUT2D eigenvalue weighted by Gasteiger charge is 2.12. The van der Waals surface area contributed by atoms with E-state index in [-0.39, 0.29) is 0 Å². The minimum atomic E-state index is -0.595. The van der Waals surface area contributed by atoms with Gasteiger partial charge in [0.25, 0.3) is 5.91 Å². The van der Waals surface area contributed by atoms with Gasteiger partial charge in [-0.25, -0.2) is 4.79 Å². The highest BCUT2D eigenvalue weighted by Crippen LogP contribution is 2.26. The lowest BCUT2D eigenvalue weighted by Gasteiger charge is -2.08. The van der Waals surface area contributed by atoms with Gasteiger partial charge in [0.05, 0.1) is 11.0 Å². The number of urea groups is 1.